The zero-order valence-electron chi connectivity index (χ0n) is 11.6. The highest BCUT2D eigenvalue weighted by Crippen LogP contribution is 2.53. The fourth-order valence-electron chi connectivity index (χ4n) is 4.40. The second-order valence-electron chi connectivity index (χ2n) is 7.28. The maximum atomic E-state index is 6.09. The molecule has 1 aromatic heterocycles. The molecule has 1 aliphatic carbocycles. The van der Waals surface area contributed by atoms with Gasteiger partial charge in [-0.25, -0.2) is 0 Å². The molecule has 2 fully saturated rings. The number of rotatable bonds is 1. The Bertz CT molecular complexity index is 469. The van der Waals surface area contributed by atoms with Gasteiger partial charge in [0.15, 0.2) is 0 Å². The lowest BCUT2D eigenvalue weighted by molar-refractivity contribution is 0.136. The summed E-state index contributed by atoms with van der Waals surface area (Å²) in [5, 5.41) is 0. The molecule has 2 atom stereocenters. The van der Waals surface area contributed by atoms with Gasteiger partial charge in [0, 0.05) is 18.8 Å². The summed E-state index contributed by atoms with van der Waals surface area (Å²) in [5.74, 6) is 0. The molecule has 2 unspecified atom stereocenters. The number of aromatic nitrogens is 1. The van der Waals surface area contributed by atoms with Crippen LogP contribution in [0.25, 0.3) is 0 Å². The van der Waals surface area contributed by atoms with Crippen molar-refractivity contribution in [1.29, 1.82) is 0 Å². The van der Waals surface area contributed by atoms with E-state index in [0.29, 0.717) is 16.9 Å². The molecule has 3 nitrogen and oxygen atoms in total. The van der Waals surface area contributed by atoms with E-state index in [1.807, 2.05) is 6.20 Å². The lowest BCUT2D eigenvalue weighted by Gasteiger charge is -2.39. The Hall–Kier alpha value is -1.25. The lowest BCUT2D eigenvalue weighted by atomic mass is 9.65. The summed E-state index contributed by atoms with van der Waals surface area (Å²) in [4.78, 5) is 6.62. The molecule has 0 radical (unpaired) electrons. The van der Waals surface area contributed by atoms with E-state index in [4.69, 9.17) is 5.73 Å². The van der Waals surface area contributed by atoms with Crippen molar-refractivity contribution in [3.8, 4) is 0 Å². The van der Waals surface area contributed by atoms with Crippen molar-refractivity contribution < 1.29 is 0 Å². The molecule has 1 aromatic rings. The summed E-state index contributed by atoms with van der Waals surface area (Å²) < 4.78 is 0. The van der Waals surface area contributed by atoms with Gasteiger partial charge in [-0.05, 0) is 36.2 Å². The Morgan fingerprint density at radius 1 is 1.33 bits per heavy atom. The summed E-state index contributed by atoms with van der Waals surface area (Å²) >= 11 is 0. The molecule has 98 valence electrons. The summed E-state index contributed by atoms with van der Waals surface area (Å²) in [7, 11) is 0. The van der Waals surface area contributed by atoms with Gasteiger partial charge >= 0.3 is 0 Å². The minimum atomic E-state index is 0.447. The minimum absolute atomic E-state index is 0.447. The standard InChI is InChI=1S/C15H23N3/c1-14(2)6-11-7-15(3,9-14)10-18(11)13-4-5-17-8-12(13)16/h4-5,8,11H,6-7,9-10,16H2,1-3H3. The SMILES string of the molecule is CC1(C)CC2CC(C)(CN2c2ccncc2N)C1. The van der Waals surface area contributed by atoms with Crippen molar-refractivity contribution in [2.75, 3.05) is 17.2 Å². The third-order valence-corrected chi connectivity index (χ3v) is 4.55. The highest BCUT2D eigenvalue weighted by molar-refractivity contribution is 5.67. The zero-order valence-corrected chi connectivity index (χ0v) is 11.6. The summed E-state index contributed by atoms with van der Waals surface area (Å²) in [5.41, 5.74) is 8.98. The molecule has 3 rings (SSSR count). The van der Waals surface area contributed by atoms with Crippen molar-refractivity contribution in [2.45, 2.75) is 46.1 Å². The third-order valence-electron chi connectivity index (χ3n) is 4.55. The molecule has 1 aliphatic heterocycles. The van der Waals surface area contributed by atoms with E-state index in [2.05, 4.69) is 36.7 Å². The van der Waals surface area contributed by atoms with E-state index < -0.39 is 0 Å². The first kappa shape index (κ1) is 11.8. The molecule has 2 bridgehead atoms. The molecular formula is C15H23N3. The zero-order chi connectivity index (χ0) is 13.0. The quantitative estimate of drug-likeness (QED) is 0.826. The Morgan fingerprint density at radius 3 is 2.83 bits per heavy atom. The van der Waals surface area contributed by atoms with Gasteiger partial charge in [-0.3, -0.25) is 4.98 Å². The Balaban J connectivity index is 1.95. The third kappa shape index (κ3) is 1.86. The van der Waals surface area contributed by atoms with Crippen molar-refractivity contribution in [2.24, 2.45) is 10.8 Å². The average Bonchev–Trinajstić information content (AvgIpc) is 2.48. The highest BCUT2D eigenvalue weighted by Gasteiger charge is 2.49. The van der Waals surface area contributed by atoms with Crippen LogP contribution < -0.4 is 10.6 Å². The number of nitrogen functional groups attached to an aromatic ring is 1. The van der Waals surface area contributed by atoms with E-state index in [1.165, 1.54) is 24.9 Å². The van der Waals surface area contributed by atoms with Crippen LogP contribution in [0.2, 0.25) is 0 Å². The van der Waals surface area contributed by atoms with Crippen LogP contribution in [0.15, 0.2) is 18.5 Å². The summed E-state index contributed by atoms with van der Waals surface area (Å²) in [6.07, 6.45) is 7.51. The van der Waals surface area contributed by atoms with Gasteiger partial charge in [0.2, 0.25) is 0 Å². The first-order valence-corrected chi connectivity index (χ1v) is 6.85. The molecule has 0 aromatic carbocycles. The number of hydrogen-bond acceptors (Lipinski definition) is 3. The van der Waals surface area contributed by atoms with Crippen LogP contribution in [-0.4, -0.2) is 17.6 Å². The lowest BCUT2D eigenvalue weighted by Crippen LogP contribution is -2.34. The first-order chi connectivity index (χ1) is 8.39. The van der Waals surface area contributed by atoms with Crippen LogP contribution in [0.3, 0.4) is 0 Å². The van der Waals surface area contributed by atoms with E-state index >= 15 is 0 Å². The van der Waals surface area contributed by atoms with E-state index in [9.17, 15) is 0 Å². The van der Waals surface area contributed by atoms with Crippen molar-refractivity contribution in [3.05, 3.63) is 18.5 Å². The Morgan fingerprint density at radius 2 is 2.11 bits per heavy atom. The molecule has 3 heteroatoms. The van der Waals surface area contributed by atoms with E-state index in [0.717, 1.165) is 12.2 Å². The predicted octanol–water partition coefficient (Wildman–Crippen LogP) is 3.07. The molecule has 0 spiro atoms. The van der Waals surface area contributed by atoms with Crippen LogP contribution >= 0.6 is 0 Å². The van der Waals surface area contributed by atoms with E-state index in [1.54, 1.807) is 6.20 Å². The maximum absolute atomic E-state index is 6.09. The molecule has 18 heavy (non-hydrogen) atoms. The van der Waals surface area contributed by atoms with Crippen LogP contribution in [-0.2, 0) is 0 Å². The summed E-state index contributed by atoms with van der Waals surface area (Å²) in [6, 6.07) is 2.70. The average molecular weight is 245 g/mol. The number of nitrogens with zero attached hydrogens (tertiary/aromatic N) is 2. The number of hydrogen-bond donors (Lipinski definition) is 1. The fourth-order valence-corrected chi connectivity index (χ4v) is 4.40. The molecule has 2 aliphatic rings. The Kier molecular flexibility index (Phi) is 2.38. The Labute approximate surface area is 109 Å². The molecule has 1 saturated carbocycles. The number of nitrogens with two attached hydrogens (primary N) is 1. The molecule has 2 heterocycles. The topological polar surface area (TPSA) is 42.2 Å². The van der Waals surface area contributed by atoms with Crippen molar-refractivity contribution in [3.63, 3.8) is 0 Å². The maximum Gasteiger partial charge on any atom is 0.0738 e. The van der Waals surface area contributed by atoms with Gasteiger partial charge < -0.3 is 10.6 Å². The van der Waals surface area contributed by atoms with Crippen molar-refractivity contribution >= 4 is 11.4 Å². The smallest absolute Gasteiger partial charge is 0.0738 e. The second kappa shape index (κ2) is 3.62. The predicted molar refractivity (Wildman–Crippen MR) is 75.5 cm³/mol. The van der Waals surface area contributed by atoms with E-state index in [-0.39, 0.29) is 0 Å². The second-order valence-corrected chi connectivity index (χ2v) is 7.28. The van der Waals surface area contributed by atoms with Gasteiger partial charge in [-0.1, -0.05) is 20.8 Å². The minimum Gasteiger partial charge on any atom is -0.396 e. The molecule has 2 N–H and O–H groups in total. The van der Waals surface area contributed by atoms with Crippen LogP contribution in [0, 0.1) is 10.8 Å². The van der Waals surface area contributed by atoms with Gasteiger partial charge in [-0.15, -0.1) is 0 Å². The summed E-state index contributed by atoms with van der Waals surface area (Å²) in [6.45, 7) is 8.36. The van der Waals surface area contributed by atoms with Gasteiger partial charge in [-0.2, -0.15) is 0 Å². The van der Waals surface area contributed by atoms with Gasteiger partial charge in [0.1, 0.15) is 0 Å². The van der Waals surface area contributed by atoms with Gasteiger partial charge in [0.25, 0.3) is 0 Å². The van der Waals surface area contributed by atoms with Gasteiger partial charge in [0.05, 0.1) is 17.6 Å². The monoisotopic (exact) mass is 245 g/mol. The molecule has 1 saturated heterocycles. The highest BCUT2D eigenvalue weighted by atomic mass is 15.2. The first-order valence-electron chi connectivity index (χ1n) is 6.85. The van der Waals surface area contributed by atoms with Crippen LogP contribution in [0.5, 0.6) is 0 Å². The molecular weight excluding hydrogens is 222 g/mol. The van der Waals surface area contributed by atoms with Crippen molar-refractivity contribution in [1.82, 2.24) is 4.98 Å². The molecule has 0 amide bonds. The number of fused-ring (bicyclic) bond motifs is 2. The number of pyridine rings is 1. The number of anilines is 2. The largest absolute Gasteiger partial charge is 0.396 e. The normalized spacial score (nSPS) is 33.7. The fraction of sp³-hybridized carbons (Fsp3) is 0.667. The van der Waals surface area contributed by atoms with Crippen LogP contribution in [0.1, 0.15) is 40.0 Å². The van der Waals surface area contributed by atoms with Crippen LogP contribution in [0.4, 0.5) is 11.4 Å².